The number of rotatable bonds is 2. The average molecular weight is 413 g/mol. The third-order valence-electron chi connectivity index (χ3n) is 4.51. The quantitative estimate of drug-likeness (QED) is 0.560. The fraction of sp³-hybridized carbons (Fsp3) is 0.200. The van der Waals surface area contributed by atoms with Crippen molar-refractivity contribution in [1.82, 2.24) is 4.90 Å². The lowest BCUT2D eigenvalue weighted by Crippen LogP contribution is -2.43. The molecule has 2 heterocycles. The summed E-state index contributed by atoms with van der Waals surface area (Å²) in [5, 5.41) is 0. The molecule has 1 saturated heterocycles. The molecule has 0 saturated carbocycles. The van der Waals surface area contributed by atoms with Crippen LogP contribution < -0.4 is 4.90 Å². The van der Waals surface area contributed by atoms with Crippen LogP contribution in [0, 0.1) is 0 Å². The van der Waals surface area contributed by atoms with E-state index in [0.717, 1.165) is 17.6 Å². The van der Waals surface area contributed by atoms with Crippen LogP contribution in [0.25, 0.3) is 5.57 Å². The molecular weight excluding hydrogens is 396 g/mol. The number of hydrogen-bond donors (Lipinski definition) is 0. The number of amides is 2. The van der Waals surface area contributed by atoms with Gasteiger partial charge in [-0.25, -0.2) is 4.90 Å². The SMILES string of the molecule is O=C1C(=CN2CCOCC2)c2ccccc2C(=O)N1c1cccc(Br)c1. The van der Waals surface area contributed by atoms with Crippen molar-refractivity contribution in [2.24, 2.45) is 0 Å². The highest BCUT2D eigenvalue weighted by atomic mass is 79.9. The summed E-state index contributed by atoms with van der Waals surface area (Å²) in [4.78, 5) is 29.6. The average Bonchev–Trinajstić information content (AvgIpc) is 2.66. The molecule has 132 valence electrons. The summed E-state index contributed by atoms with van der Waals surface area (Å²) in [5.41, 5.74) is 2.30. The van der Waals surface area contributed by atoms with E-state index < -0.39 is 0 Å². The molecule has 2 aliphatic rings. The Hall–Kier alpha value is -2.44. The second-order valence-electron chi connectivity index (χ2n) is 6.16. The lowest BCUT2D eigenvalue weighted by molar-refractivity contribution is -0.112. The molecule has 0 spiro atoms. The Morgan fingerprint density at radius 1 is 0.923 bits per heavy atom. The van der Waals surface area contributed by atoms with Gasteiger partial charge in [0.05, 0.1) is 24.5 Å². The first-order chi connectivity index (χ1) is 12.6. The Bertz CT molecular complexity index is 903. The number of ether oxygens (including phenoxy) is 1. The van der Waals surface area contributed by atoms with Crippen molar-refractivity contribution in [3.8, 4) is 0 Å². The third-order valence-corrected chi connectivity index (χ3v) is 5.00. The van der Waals surface area contributed by atoms with Gasteiger partial charge in [-0.3, -0.25) is 9.59 Å². The molecule has 2 amide bonds. The number of imide groups is 1. The zero-order valence-corrected chi connectivity index (χ0v) is 15.6. The van der Waals surface area contributed by atoms with Gasteiger partial charge in [-0.2, -0.15) is 0 Å². The fourth-order valence-corrected chi connectivity index (χ4v) is 3.60. The van der Waals surface area contributed by atoms with Crippen LogP contribution in [0.4, 0.5) is 5.69 Å². The second kappa shape index (κ2) is 7.05. The van der Waals surface area contributed by atoms with Crippen molar-refractivity contribution in [2.45, 2.75) is 0 Å². The summed E-state index contributed by atoms with van der Waals surface area (Å²) >= 11 is 3.41. The maximum Gasteiger partial charge on any atom is 0.267 e. The van der Waals surface area contributed by atoms with E-state index in [0.29, 0.717) is 35.6 Å². The fourth-order valence-electron chi connectivity index (χ4n) is 3.22. The molecule has 0 atom stereocenters. The van der Waals surface area contributed by atoms with Crippen LogP contribution in [-0.2, 0) is 9.53 Å². The minimum absolute atomic E-state index is 0.303. The third kappa shape index (κ3) is 3.06. The van der Waals surface area contributed by atoms with Gasteiger partial charge in [-0.15, -0.1) is 0 Å². The number of carbonyl (C=O) groups is 2. The molecular formula is C20H17BrN2O3. The molecule has 0 radical (unpaired) electrons. The molecule has 0 unspecified atom stereocenters. The first-order valence-corrected chi connectivity index (χ1v) is 9.22. The largest absolute Gasteiger partial charge is 0.378 e. The summed E-state index contributed by atoms with van der Waals surface area (Å²) in [7, 11) is 0. The molecule has 2 aromatic carbocycles. The number of carbonyl (C=O) groups excluding carboxylic acids is 2. The van der Waals surface area contributed by atoms with Gasteiger partial charge < -0.3 is 9.64 Å². The number of fused-ring (bicyclic) bond motifs is 1. The number of nitrogens with zero attached hydrogens (tertiary/aromatic N) is 2. The van der Waals surface area contributed by atoms with Crippen LogP contribution in [0.1, 0.15) is 15.9 Å². The van der Waals surface area contributed by atoms with Gasteiger partial charge in [0.2, 0.25) is 0 Å². The summed E-state index contributed by atoms with van der Waals surface area (Å²) in [6.45, 7) is 2.72. The smallest absolute Gasteiger partial charge is 0.267 e. The van der Waals surface area contributed by atoms with Gasteiger partial charge in [-0.05, 0) is 24.3 Å². The molecule has 2 aromatic rings. The molecule has 2 aliphatic heterocycles. The van der Waals surface area contributed by atoms with E-state index in [2.05, 4.69) is 20.8 Å². The molecule has 0 bridgehead atoms. The summed E-state index contributed by atoms with van der Waals surface area (Å²) in [6.07, 6.45) is 1.86. The van der Waals surface area contributed by atoms with Gasteiger partial charge in [0.15, 0.2) is 0 Å². The van der Waals surface area contributed by atoms with E-state index in [1.54, 1.807) is 18.2 Å². The van der Waals surface area contributed by atoms with Gasteiger partial charge in [0, 0.05) is 34.9 Å². The minimum atomic E-state index is -0.307. The van der Waals surface area contributed by atoms with Crippen LogP contribution in [0.3, 0.4) is 0 Å². The van der Waals surface area contributed by atoms with Gasteiger partial charge in [0.1, 0.15) is 0 Å². The molecule has 1 fully saturated rings. The summed E-state index contributed by atoms with van der Waals surface area (Å²) < 4.78 is 6.19. The number of morpholine rings is 1. The first kappa shape index (κ1) is 17.0. The van der Waals surface area contributed by atoms with E-state index in [9.17, 15) is 9.59 Å². The lowest BCUT2D eigenvalue weighted by atomic mass is 9.93. The number of halogens is 1. The van der Waals surface area contributed by atoms with Crippen molar-refractivity contribution < 1.29 is 14.3 Å². The van der Waals surface area contributed by atoms with E-state index >= 15 is 0 Å². The topological polar surface area (TPSA) is 49.9 Å². The second-order valence-corrected chi connectivity index (χ2v) is 7.08. The van der Waals surface area contributed by atoms with E-state index in [4.69, 9.17) is 4.74 Å². The predicted molar refractivity (Wildman–Crippen MR) is 103 cm³/mol. The number of benzene rings is 2. The lowest BCUT2D eigenvalue weighted by Gasteiger charge is -2.31. The molecule has 4 rings (SSSR count). The number of hydrogen-bond acceptors (Lipinski definition) is 4. The van der Waals surface area contributed by atoms with Crippen LogP contribution >= 0.6 is 15.9 Å². The molecule has 5 nitrogen and oxygen atoms in total. The zero-order valence-electron chi connectivity index (χ0n) is 14.0. The monoisotopic (exact) mass is 412 g/mol. The van der Waals surface area contributed by atoms with E-state index in [1.807, 2.05) is 36.5 Å². The molecule has 26 heavy (non-hydrogen) atoms. The van der Waals surface area contributed by atoms with Crippen molar-refractivity contribution in [3.63, 3.8) is 0 Å². The molecule has 6 heteroatoms. The van der Waals surface area contributed by atoms with Gasteiger partial charge >= 0.3 is 0 Å². The summed E-state index contributed by atoms with van der Waals surface area (Å²) in [6, 6.07) is 14.5. The minimum Gasteiger partial charge on any atom is -0.378 e. The van der Waals surface area contributed by atoms with E-state index in [1.165, 1.54) is 4.90 Å². The van der Waals surface area contributed by atoms with Crippen molar-refractivity contribution in [1.29, 1.82) is 0 Å². The Kier molecular flexibility index (Phi) is 4.61. The predicted octanol–water partition coefficient (Wildman–Crippen LogP) is 3.31. The summed E-state index contributed by atoms with van der Waals surface area (Å²) in [5.74, 6) is -0.610. The maximum atomic E-state index is 13.2. The zero-order chi connectivity index (χ0) is 18.1. The van der Waals surface area contributed by atoms with Crippen LogP contribution in [-0.4, -0.2) is 43.0 Å². The van der Waals surface area contributed by atoms with Crippen molar-refractivity contribution >= 4 is 39.0 Å². The Morgan fingerprint density at radius 3 is 2.38 bits per heavy atom. The molecule has 0 aromatic heterocycles. The highest BCUT2D eigenvalue weighted by Crippen LogP contribution is 2.33. The Balaban J connectivity index is 1.83. The van der Waals surface area contributed by atoms with Crippen molar-refractivity contribution in [3.05, 3.63) is 70.3 Å². The first-order valence-electron chi connectivity index (χ1n) is 8.42. The van der Waals surface area contributed by atoms with Crippen molar-refractivity contribution in [2.75, 3.05) is 31.2 Å². The van der Waals surface area contributed by atoms with Gasteiger partial charge in [0.25, 0.3) is 11.8 Å². The normalized spacial score (nSPS) is 19.0. The van der Waals surface area contributed by atoms with Gasteiger partial charge in [-0.1, -0.05) is 40.2 Å². The van der Waals surface area contributed by atoms with E-state index in [-0.39, 0.29) is 11.8 Å². The Morgan fingerprint density at radius 2 is 1.65 bits per heavy atom. The highest BCUT2D eigenvalue weighted by molar-refractivity contribution is 9.10. The van der Waals surface area contributed by atoms with Crippen LogP contribution in [0.15, 0.2) is 59.2 Å². The maximum absolute atomic E-state index is 13.2. The molecule has 0 N–H and O–H groups in total. The highest BCUT2D eigenvalue weighted by Gasteiger charge is 2.36. The Labute approximate surface area is 160 Å². The molecule has 0 aliphatic carbocycles. The number of anilines is 1. The standard InChI is InChI=1S/C20H17BrN2O3/c21-14-4-3-5-15(12-14)23-19(24)17-7-2-1-6-16(17)18(20(23)25)13-22-8-10-26-11-9-22/h1-7,12-13H,8-11H2. The van der Waals surface area contributed by atoms with Crippen LogP contribution in [0.2, 0.25) is 0 Å². The van der Waals surface area contributed by atoms with Crippen LogP contribution in [0.5, 0.6) is 0 Å².